The third-order valence-electron chi connectivity index (χ3n) is 5.66. The molecule has 0 spiro atoms. The summed E-state index contributed by atoms with van der Waals surface area (Å²) in [6.07, 6.45) is 0. The van der Waals surface area contributed by atoms with Crippen molar-refractivity contribution >= 4 is 19.9 Å². The molecule has 1 fully saturated rings. The Morgan fingerprint density at radius 1 is 1.04 bits per heavy atom. The van der Waals surface area contributed by atoms with Crippen molar-refractivity contribution in [2.75, 3.05) is 18.0 Å². The van der Waals surface area contributed by atoms with Gasteiger partial charge < -0.3 is 14.6 Å². The van der Waals surface area contributed by atoms with Crippen molar-refractivity contribution < 1.29 is 9.22 Å². The standard InChI is InChI=1S/C22H30N2O2Si/c1-22(2,3)27(4,5)26-19-13-11-18(12-14-19)24-16-15-23-20(21(24)25)17-9-7-6-8-10-17/h6-14,20,23H,15-16H2,1-5H3. The predicted octanol–water partition coefficient (Wildman–Crippen LogP) is 4.75. The zero-order chi connectivity index (χ0) is 19.7. The number of carbonyl (C=O) groups excluding carboxylic acids is 1. The molecule has 1 heterocycles. The molecule has 1 aliphatic heterocycles. The smallest absolute Gasteiger partial charge is 0.250 e. The van der Waals surface area contributed by atoms with Crippen LogP contribution in [-0.2, 0) is 4.79 Å². The van der Waals surface area contributed by atoms with Gasteiger partial charge in [0.25, 0.3) is 0 Å². The molecule has 0 aliphatic carbocycles. The second-order valence-electron chi connectivity index (χ2n) is 8.64. The summed E-state index contributed by atoms with van der Waals surface area (Å²) in [6, 6.07) is 17.6. The van der Waals surface area contributed by atoms with Gasteiger partial charge in [-0.2, -0.15) is 0 Å². The lowest BCUT2D eigenvalue weighted by molar-refractivity contribution is -0.121. The second-order valence-corrected chi connectivity index (χ2v) is 13.4. The van der Waals surface area contributed by atoms with E-state index in [0.717, 1.165) is 23.5 Å². The van der Waals surface area contributed by atoms with Crippen molar-refractivity contribution in [3.8, 4) is 5.75 Å². The maximum atomic E-state index is 13.0. The zero-order valence-electron chi connectivity index (χ0n) is 17.0. The van der Waals surface area contributed by atoms with Crippen LogP contribution in [0.3, 0.4) is 0 Å². The van der Waals surface area contributed by atoms with E-state index in [1.807, 2.05) is 59.5 Å². The van der Waals surface area contributed by atoms with Gasteiger partial charge in [0.05, 0.1) is 0 Å². The Labute approximate surface area is 163 Å². The predicted molar refractivity (Wildman–Crippen MR) is 114 cm³/mol. The Morgan fingerprint density at radius 2 is 1.67 bits per heavy atom. The fourth-order valence-corrected chi connectivity index (χ4v) is 4.01. The number of amides is 1. The first kappa shape index (κ1) is 19.6. The van der Waals surface area contributed by atoms with Gasteiger partial charge in [0.15, 0.2) is 0 Å². The van der Waals surface area contributed by atoms with Gasteiger partial charge in [-0.1, -0.05) is 51.1 Å². The third kappa shape index (κ3) is 4.25. The Bertz CT molecular complexity index is 782. The Morgan fingerprint density at radius 3 is 2.26 bits per heavy atom. The van der Waals surface area contributed by atoms with E-state index < -0.39 is 8.32 Å². The van der Waals surface area contributed by atoms with E-state index in [4.69, 9.17) is 4.43 Å². The van der Waals surface area contributed by atoms with E-state index in [9.17, 15) is 4.79 Å². The van der Waals surface area contributed by atoms with E-state index in [0.29, 0.717) is 6.54 Å². The Kier molecular flexibility index (Phi) is 5.45. The van der Waals surface area contributed by atoms with Crippen LogP contribution in [0, 0.1) is 0 Å². The molecular weight excluding hydrogens is 352 g/mol. The van der Waals surface area contributed by atoms with E-state index in [-0.39, 0.29) is 17.0 Å². The molecule has 2 aromatic rings. The number of piperazine rings is 1. The molecule has 144 valence electrons. The van der Waals surface area contributed by atoms with Crippen LogP contribution in [0.25, 0.3) is 0 Å². The number of nitrogens with one attached hydrogen (secondary N) is 1. The second kappa shape index (κ2) is 7.48. The molecule has 1 saturated heterocycles. The molecular formula is C22H30N2O2Si. The van der Waals surface area contributed by atoms with Crippen molar-refractivity contribution in [2.45, 2.75) is 44.9 Å². The normalized spacial score (nSPS) is 18.5. The highest BCUT2D eigenvalue weighted by Crippen LogP contribution is 2.37. The lowest BCUT2D eigenvalue weighted by Crippen LogP contribution is -2.50. The molecule has 0 aromatic heterocycles. The van der Waals surface area contributed by atoms with Gasteiger partial charge >= 0.3 is 0 Å². The van der Waals surface area contributed by atoms with Crippen LogP contribution in [0.1, 0.15) is 32.4 Å². The fraction of sp³-hybridized carbons (Fsp3) is 0.409. The molecule has 1 amide bonds. The number of anilines is 1. The molecule has 3 rings (SSSR count). The SMILES string of the molecule is CC(C)(C)[Si](C)(C)Oc1ccc(N2CCNC(c3ccccc3)C2=O)cc1. The summed E-state index contributed by atoms with van der Waals surface area (Å²) in [5.74, 6) is 0.970. The van der Waals surface area contributed by atoms with E-state index >= 15 is 0 Å². The van der Waals surface area contributed by atoms with Crippen LogP contribution < -0.4 is 14.6 Å². The topological polar surface area (TPSA) is 41.6 Å². The van der Waals surface area contributed by atoms with Crippen LogP contribution >= 0.6 is 0 Å². The summed E-state index contributed by atoms with van der Waals surface area (Å²) in [5.41, 5.74) is 1.93. The summed E-state index contributed by atoms with van der Waals surface area (Å²) in [6.45, 7) is 12.6. The maximum Gasteiger partial charge on any atom is 0.250 e. The van der Waals surface area contributed by atoms with E-state index in [1.54, 1.807) is 0 Å². The van der Waals surface area contributed by atoms with Crippen molar-refractivity contribution in [2.24, 2.45) is 0 Å². The highest BCUT2D eigenvalue weighted by molar-refractivity contribution is 6.74. The van der Waals surface area contributed by atoms with Crippen molar-refractivity contribution in [1.29, 1.82) is 0 Å². The summed E-state index contributed by atoms with van der Waals surface area (Å²) in [5, 5.41) is 3.49. The first-order valence-electron chi connectivity index (χ1n) is 9.58. The van der Waals surface area contributed by atoms with Gasteiger partial charge in [0.1, 0.15) is 11.8 Å². The lowest BCUT2D eigenvalue weighted by atomic mass is 10.0. The minimum absolute atomic E-state index is 0.0884. The summed E-state index contributed by atoms with van der Waals surface area (Å²) in [4.78, 5) is 14.9. The van der Waals surface area contributed by atoms with E-state index in [1.165, 1.54) is 0 Å². The molecule has 4 nitrogen and oxygen atoms in total. The molecule has 1 N–H and O–H groups in total. The highest BCUT2D eigenvalue weighted by atomic mass is 28.4. The van der Waals surface area contributed by atoms with Crippen LogP contribution in [0.15, 0.2) is 54.6 Å². The molecule has 2 aromatic carbocycles. The van der Waals surface area contributed by atoms with Gasteiger partial charge in [-0.3, -0.25) is 4.79 Å². The molecule has 0 bridgehead atoms. The molecule has 0 radical (unpaired) electrons. The number of hydrogen-bond donors (Lipinski definition) is 1. The number of benzene rings is 2. The number of rotatable bonds is 4. The minimum Gasteiger partial charge on any atom is -0.544 e. The average molecular weight is 383 g/mol. The highest BCUT2D eigenvalue weighted by Gasteiger charge is 2.39. The Hall–Kier alpha value is -2.11. The van der Waals surface area contributed by atoms with Crippen LogP contribution in [-0.4, -0.2) is 27.3 Å². The molecule has 27 heavy (non-hydrogen) atoms. The molecule has 1 atom stereocenters. The summed E-state index contributed by atoms with van der Waals surface area (Å²) in [7, 11) is -1.86. The average Bonchev–Trinajstić information content (AvgIpc) is 2.62. The van der Waals surface area contributed by atoms with E-state index in [2.05, 4.69) is 39.2 Å². The first-order valence-corrected chi connectivity index (χ1v) is 12.5. The minimum atomic E-state index is -1.86. The van der Waals surface area contributed by atoms with Gasteiger partial charge in [0, 0.05) is 18.8 Å². The number of hydrogen-bond acceptors (Lipinski definition) is 3. The number of nitrogens with zero attached hydrogens (tertiary/aromatic N) is 1. The Balaban J connectivity index is 1.76. The molecule has 1 aliphatic rings. The van der Waals surface area contributed by atoms with Gasteiger partial charge in [0.2, 0.25) is 14.2 Å². The third-order valence-corrected chi connectivity index (χ3v) is 10.0. The largest absolute Gasteiger partial charge is 0.544 e. The maximum absolute atomic E-state index is 13.0. The van der Waals surface area contributed by atoms with Gasteiger partial charge in [-0.25, -0.2) is 0 Å². The number of carbonyl (C=O) groups is 1. The van der Waals surface area contributed by atoms with Crippen LogP contribution in [0.4, 0.5) is 5.69 Å². The van der Waals surface area contributed by atoms with Crippen molar-refractivity contribution in [3.05, 3.63) is 60.2 Å². The summed E-state index contributed by atoms with van der Waals surface area (Å²) < 4.78 is 6.35. The lowest BCUT2D eigenvalue weighted by Gasteiger charge is -2.37. The quantitative estimate of drug-likeness (QED) is 0.776. The first-order chi connectivity index (χ1) is 12.7. The zero-order valence-corrected chi connectivity index (χ0v) is 18.0. The molecule has 1 unspecified atom stereocenters. The summed E-state index contributed by atoms with van der Waals surface area (Å²) >= 11 is 0. The van der Waals surface area contributed by atoms with Crippen LogP contribution in [0.2, 0.25) is 18.1 Å². The van der Waals surface area contributed by atoms with Crippen LogP contribution in [0.5, 0.6) is 5.75 Å². The van der Waals surface area contributed by atoms with Gasteiger partial charge in [-0.15, -0.1) is 0 Å². The monoisotopic (exact) mass is 382 g/mol. The molecule has 0 saturated carbocycles. The molecule has 5 heteroatoms. The van der Waals surface area contributed by atoms with Gasteiger partial charge in [-0.05, 0) is 48.0 Å². The van der Waals surface area contributed by atoms with Crippen molar-refractivity contribution in [3.63, 3.8) is 0 Å². The fourth-order valence-electron chi connectivity index (χ4n) is 2.98. The van der Waals surface area contributed by atoms with Crippen molar-refractivity contribution in [1.82, 2.24) is 5.32 Å².